The molecule has 1 aromatic rings. The molecule has 0 bridgehead atoms. The van der Waals surface area contributed by atoms with Crippen molar-refractivity contribution in [1.82, 2.24) is 10.6 Å². The van der Waals surface area contributed by atoms with Crippen LogP contribution in [0.25, 0.3) is 0 Å². The van der Waals surface area contributed by atoms with E-state index in [1.807, 2.05) is 0 Å². The number of esters is 1. The minimum atomic E-state index is -0.688. The Morgan fingerprint density at radius 3 is 2.64 bits per heavy atom. The molecule has 3 atom stereocenters. The molecule has 0 saturated heterocycles. The van der Waals surface area contributed by atoms with Crippen LogP contribution in [0.2, 0.25) is 0 Å². The molecule has 0 radical (unpaired) electrons. The normalized spacial score (nSPS) is 24.9. The zero-order chi connectivity index (χ0) is 20.3. The van der Waals surface area contributed by atoms with Crippen LogP contribution < -0.4 is 20.1 Å². The van der Waals surface area contributed by atoms with E-state index in [1.165, 1.54) is 0 Å². The van der Waals surface area contributed by atoms with Gasteiger partial charge in [-0.1, -0.05) is 13.3 Å². The van der Waals surface area contributed by atoms with Gasteiger partial charge in [0.05, 0.1) is 25.8 Å². The minimum Gasteiger partial charge on any atom is -0.497 e. The van der Waals surface area contributed by atoms with Crippen LogP contribution in [0.4, 0.5) is 4.79 Å². The van der Waals surface area contributed by atoms with Crippen molar-refractivity contribution in [3.05, 3.63) is 35.0 Å². The summed E-state index contributed by atoms with van der Waals surface area (Å²) in [6.45, 7) is 3.88. The quantitative estimate of drug-likeness (QED) is 0.755. The third-order valence-corrected chi connectivity index (χ3v) is 5.40. The van der Waals surface area contributed by atoms with Gasteiger partial charge in [-0.15, -0.1) is 0 Å². The van der Waals surface area contributed by atoms with Crippen LogP contribution in [0.1, 0.15) is 51.1 Å². The molecular formula is C21H28N2O5. The van der Waals surface area contributed by atoms with Crippen molar-refractivity contribution in [2.75, 3.05) is 14.2 Å². The lowest BCUT2D eigenvalue weighted by Crippen LogP contribution is -2.45. The van der Waals surface area contributed by atoms with Gasteiger partial charge in [0.2, 0.25) is 0 Å². The fourth-order valence-corrected chi connectivity index (χ4v) is 3.96. The van der Waals surface area contributed by atoms with Gasteiger partial charge in [0.15, 0.2) is 0 Å². The molecule has 1 fully saturated rings. The van der Waals surface area contributed by atoms with E-state index in [0.717, 1.165) is 25.7 Å². The SMILES string of the molecule is COc1ccc(OC)c(C2NC(=O)NC(C)=C2C(=O)OC2CCCC(C)C2)c1. The van der Waals surface area contributed by atoms with Gasteiger partial charge in [-0.3, -0.25) is 0 Å². The highest BCUT2D eigenvalue weighted by molar-refractivity contribution is 5.95. The molecule has 7 heteroatoms. The van der Waals surface area contributed by atoms with Crippen LogP contribution in [0.3, 0.4) is 0 Å². The average molecular weight is 388 g/mol. The van der Waals surface area contributed by atoms with E-state index in [-0.39, 0.29) is 12.1 Å². The number of urea groups is 1. The molecule has 3 unspecified atom stereocenters. The van der Waals surface area contributed by atoms with Crippen molar-refractivity contribution in [3.63, 3.8) is 0 Å². The van der Waals surface area contributed by atoms with Crippen molar-refractivity contribution in [2.45, 2.75) is 51.7 Å². The Labute approximate surface area is 165 Å². The number of allylic oxidation sites excluding steroid dienone is 1. The molecule has 3 rings (SSSR count). The highest BCUT2D eigenvalue weighted by Crippen LogP contribution is 2.36. The summed E-state index contributed by atoms with van der Waals surface area (Å²) in [5, 5.41) is 5.50. The first kappa shape index (κ1) is 20.0. The maximum Gasteiger partial charge on any atom is 0.338 e. The van der Waals surface area contributed by atoms with E-state index in [0.29, 0.717) is 34.3 Å². The molecule has 1 aliphatic carbocycles. The number of nitrogens with one attached hydrogen (secondary N) is 2. The highest BCUT2D eigenvalue weighted by atomic mass is 16.5. The largest absolute Gasteiger partial charge is 0.497 e. The highest BCUT2D eigenvalue weighted by Gasteiger charge is 2.35. The predicted molar refractivity (Wildman–Crippen MR) is 104 cm³/mol. The molecule has 152 valence electrons. The first-order chi connectivity index (χ1) is 13.4. The first-order valence-corrected chi connectivity index (χ1v) is 9.64. The monoisotopic (exact) mass is 388 g/mol. The zero-order valence-electron chi connectivity index (χ0n) is 16.8. The Hall–Kier alpha value is -2.70. The van der Waals surface area contributed by atoms with Crippen molar-refractivity contribution >= 4 is 12.0 Å². The third-order valence-electron chi connectivity index (χ3n) is 5.40. The van der Waals surface area contributed by atoms with Crippen molar-refractivity contribution < 1.29 is 23.8 Å². The van der Waals surface area contributed by atoms with Gasteiger partial charge < -0.3 is 24.8 Å². The van der Waals surface area contributed by atoms with E-state index < -0.39 is 12.0 Å². The van der Waals surface area contributed by atoms with E-state index in [9.17, 15) is 9.59 Å². The Balaban J connectivity index is 1.94. The lowest BCUT2D eigenvalue weighted by molar-refractivity contribution is -0.146. The Morgan fingerprint density at radius 1 is 1.18 bits per heavy atom. The maximum atomic E-state index is 13.1. The van der Waals surface area contributed by atoms with Crippen molar-refractivity contribution in [1.29, 1.82) is 0 Å². The molecule has 1 heterocycles. The number of ether oxygens (including phenoxy) is 3. The van der Waals surface area contributed by atoms with E-state index in [1.54, 1.807) is 39.3 Å². The number of rotatable bonds is 5. The Kier molecular flexibility index (Phi) is 6.11. The summed E-state index contributed by atoms with van der Waals surface area (Å²) in [6, 6.07) is 4.22. The summed E-state index contributed by atoms with van der Waals surface area (Å²) in [5.41, 5.74) is 1.50. The van der Waals surface area contributed by atoms with Crippen LogP contribution >= 0.6 is 0 Å². The average Bonchev–Trinajstić information content (AvgIpc) is 2.66. The molecule has 0 aromatic heterocycles. The lowest BCUT2D eigenvalue weighted by Gasteiger charge is -2.31. The number of benzene rings is 1. The van der Waals surface area contributed by atoms with Crippen LogP contribution in [0, 0.1) is 5.92 Å². The molecular weight excluding hydrogens is 360 g/mol. The van der Waals surface area contributed by atoms with Crippen LogP contribution in [-0.4, -0.2) is 32.3 Å². The molecule has 0 spiro atoms. The molecule has 7 nitrogen and oxygen atoms in total. The smallest absolute Gasteiger partial charge is 0.338 e. The molecule has 2 amide bonds. The summed E-state index contributed by atoms with van der Waals surface area (Å²) in [6.07, 6.45) is 3.86. The third kappa shape index (κ3) is 4.24. The van der Waals surface area contributed by atoms with Gasteiger partial charge in [-0.05, 0) is 50.3 Å². The summed E-state index contributed by atoms with van der Waals surface area (Å²) >= 11 is 0. The molecule has 1 saturated carbocycles. The van der Waals surface area contributed by atoms with Gasteiger partial charge in [0, 0.05) is 11.3 Å². The van der Waals surface area contributed by atoms with E-state index >= 15 is 0 Å². The van der Waals surface area contributed by atoms with Gasteiger partial charge in [-0.25, -0.2) is 9.59 Å². The standard InChI is InChI=1S/C21H28N2O5/c1-12-6-5-7-15(10-12)28-20(24)18-13(2)22-21(25)23-19(18)16-11-14(26-3)8-9-17(16)27-4/h8-9,11-12,15,19H,5-7,10H2,1-4H3,(H2,22,23,25). The molecule has 28 heavy (non-hydrogen) atoms. The van der Waals surface area contributed by atoms with Gasteiger partial charge in [-0.2, -0.15) is 0 Å². The van der Waals surface area contributed by atoms with Gasteiger partial charge >= 0.3 is 12.0 Å². The number of hydrogen-bond acceptors (Lipinski definition) is 5. The molecule has 2 N–H and O–H groups in total. The molecule has 1 aromatic carbocycles. The number of carbonyl (C=O) groups excluding carboxylic acids is 2. The predicted octanol–water partition coefficient (Wildman–Crippen LogP) is 3.45. The van der Waals surface area contributed by atoms with Gasteiger partial charge in [0.25, 0.3) is 0 Å². The second-order valence-electron chi connectivity index (χ2n) is 7.48. The van der Waals surface area contributed by atoms with Crippen LogP contribution in [0.15, 0.2) is 29.5 Å². The first-order valence-electron chi connectivity index (χ1n) is 9.64. The topological polar surface area (TPSA) is 85.9 Å². The number of hydrogen-bond donors (Lipinski definition) is 2. The van der Waals surface area contributed by atoms with E-state index in [4.69, 9.17) is 14.2 Å². The van der Waals surface area contributed by atoms with Crippen LogP contribution in [0.5, 0.6) is 11.5 Å². The van der Waals surface area contributed by atoms with Crippen LogP contribution in [-0.2, 0) is 9.53 Å². The summed E-state index contributed by atoms with van der Waals surface area (Å²) in [5.74, 6) is 1.28. The molecule has 1 aliphatic heterocycles. The number of carbonyl (C=O) groups is 2. The van der Waals surface area contributed by atoms with Gasteiger partial charge in [0.1, 0.15) is 17.6 Å². The maximum absolute atomic E-state index is 13.1. The second-order valence-corrected chi connectivity index (χ2v) is 7.48. The van der Waals surface area contributed by atoms with Crippen molar-refractivity contribution in [2.24, 2.45) is 5.92 Å². The summed E-state index contributed by atoms with van der Waals surface area (Å²) in [7, 11) is 3.11. The summed E-state index contributed by atoms with van der Waals surface area (Å²) in [4.78, 5) is 25.2. The lowest BCUT2D eigenvalue weighted by atomic mass is 9.88. The second kappa shape index (κ2) is 8.54. The fourth-order valence-electron chi connectivity index (χ4n) is 3.96. The van der Waals surface area contributed by atoms with E-state index in [2.05, 4.69) is 17.6 Å². The minimum absolute atomic E-state index is 0.0953. The number of methoxy groups -OCH3 is 2. The van der Waals surface area contributed by atoms with Crippen molar-refractivity contribution in [3.8, 4) is 11.5 Å². The number of amides is 2. The fraction of sp³-hybridized carbons (Fsp3) is 0.524. The zero-order valence-corrected chi connectivity index (χ0v) is 16.8. The molecule has 2 aliphatic rings. The Bertz CT molecular complexity index is 789. The Morgan fingerprint density at radius 2 is 1.96 bits per heavy atom. The summed E-state index contributed by atoms with van der Waals surface area (Å²) < 4.78 is 16.6.